The van der Waals surface area contributed by atoms with Gasteiger partial charge >= 0.3 is 0 Å². The second kappa shape index (κ2) is 6.81. The first kappa shape index (κ1) is 14.9. The molecule has 4 nitrogen and oxygen atoms in total. The Kier molecular flexibility index (Phi) is 5.09. The van der Waals surface area contributed by atoms with E-state index in [0.29, 0.717) is 29.6 Å². The fourth-order valence-corrected chi connectivity index (χ4v) is 2.00. The van der Waals surface area contributed by atoms with E-state index in [2.05, 4.69) is 29.5 Å². The molecule has 1 N–H and O–H groups in total. The van der Waals surface area contributed by atoms with E-state index < -0.39 is 0 Å². The molecule has 0 saturated carbocycles. The highest BCUT2D eigenvalue weighted by Gasteiger charge is 2.06. The van der Waals surface area contributed by atoms with Crippen molar-refractivity contribution < 1.29 is 4.39 Å². The van der Waals surface area contributed by atoms with Crippen LogP contribution in [-0.4, -0.2) is 21.5 Å². The van der Waals surface area contributed by atoms with Gasteiger partial charge in [0, 0.05) is 11.6 Å². The molecular formula is C14H18ClFN4. The van der Waals surface area contributed by atoms with Crippen LogP contribution in [-0.2, 0) is 13.1 Å². The van der Waals surface area contributed by atoms with E-state index in [1.54, 1.807) is 10.7 Å². The van der Waals surface area contributed by atoms with Crippen molar-refractivity contribution >= 4 is 11.6 Å². The van der Waals surface area contributed by atoms with Gasteiger partial charge in [-0.05, 0) is 36.2 Å². The summed E-state index contributed by atoms with van der Waals surface area (Å²) in [5, 5.41) is 11.9. The lowest BCUT2D eigenvalue weighted by Gasteiger charge is -2.05. The zero-order valence-corrected chi connectivity index (χ0v) is 12.4. The predicted octanol–water partition coefficient (Wildman–Crippen LogP) is 2.86. The molecule has 0 radical (unpaired) electrons. The molecule has 0 aliphatic carbocycles. The van der Waals surface area contributed by atoms with E-state index in [1.165, 1.54) is 12.1 Å². The minimum absolute atomic E-state index is 0.302. The molecule has 0 aliphatic heterocycles. The maximum absolute atomic E-state index is 13.2. The molecular weight excluding hydrogens is 279 g/mol. The fraction of sp³-hybridized carbons (Fsp3) is 0.429. The predicted molar refractivity (Wildman–Crippen MR) is 77.1 cm³/mol. The quantitative estimate of drug-likeness (QED) is 0.891. The van der Waals surface area contributed by atoms with E-state index >= 15 is 0 Å². The lowest BCUT2D eigenvalue weighted by molar-refractivity contribution is 0.548. The van der Waals surface area contributed by atoms with Crippen molar-refractivity contribution in [2.24, 2.45) is 5.92 Å². The van der Waals surface area contributed by atoms with Crippen LogP contribution in [0, 0.1) is 11.7 Å². The van der Waals surface area contributed by atoms with Crippen LogP contribution < -0.4 is 5.32 Å². The van der Waals surface area contributed by atoms with E-state index in [-0.39, 0.29) is 5.82 Å². The zero-order chi connectivity index (χ0) is 14.5. The van der Waals surface area contributed by atoms with Crippen LogP contribution in [0.5, 0.6) is 0 Å². The second-order valence-electron chi connectivity index (χ2n) is 5.17. The fourth-order valence-electron chi connectivity index (χ4n) is 1.82. The molecule has 2 rings (SSSR count). The smallest absolute Gasteiger partial charge is 0.123 e. The number of nitrogens with zero attached hydrogens (tertiary/aromatic N) is 3. The summed E-state index contributed by atoms with van der Waals surface area (Å²) in [6.07, 6.45) is 1.84. The average molecular weight is 297 g/mol. The van der Waals surface area contributed by atoms with E-state index in [1.807, 2.05) is 6.20 Å². The van der Waals surface area contributed by atoms with Gasteiger partial charge in [-0.15, -0.1) is 5.10 Å². The number of halogens is 2. The number of nitrogens with one attached hydrogen (secondary N) is 1. The topological polar surface area (TPSA) is 42.7 Å². The maximum atomic E-state index is 13.2. The Bertz CT molecular complexity index is 568. The van der Waals surface area contributed by atoms with Crippen molar-refractivity contribution in [2.75, 3.05) is 6.54 Å². The van der Waals surface area contributed by atoms with Crippen LogP contribution in [0.3, 0.4) is 0 Å². The van der Waals surface area contributed by atoms with Gasteiger partial charge in [-0.3, -0.25) is 0 Å². The molecule has 0 bridgehead atoms. The van der Waals surface area contributed by atoms with Crippen molar-refractivity contribution in [2.45, 2.75) is 26.9 Å². The van der Waals surface area contributed by atoms with Crippen LogP contribution in [0.15, 0.2) is 24.4 Å². The van der Waals surface area contributed by atoms with Crippen molar-refractivity contribution in [1.82, 2.24) is 20.3 Å². The average Bonchev–Trinajstić information content (AvgIpc) is 2.81. The maximum Gasteiger partial charge on any atom is 0.123 e. The lowest BCUT2D eigenvalue weighted by Crippen LogP contribution is -2.19. The molecule has 20 heavy (non-hydrogen) atoms. The lowest BCUT2D eigenvalue weighted by atomic mass is 10.2. The summed E-state index contributed by atoms with van der Waals surface area (Å²) in [6.45, 7) is 6.32. The first-order chi connectivity index (χ1) is 9.54. The Morgan fingerprint density at radius 1 is 1.40 bits per heavy atom. The number of hydrogen-bond donors (Lipinski definition) is 1. The summed E-state index contributed by atoms with van der Waals surface area (Å²) in [6, 6.07) is 4.31. The van der Waals surface area contributed by atoms with E-state index in [9.17, 15) is 4.39 Å². The summed E-state index contributed by atoms with van der Waals surface area (Å²) < 4.78 is 14.8. The summed E-state index contributed by atoms with van der Waals surface area (Å²) in [5.74, 6) is 0.291. The zero-order valence-electron chi connectivity index (χ0n) is 11.6. The van der Waals surface area contributed by atoms with Gasteiger partial charge in [0.1, 0.15) is 5.82 Å². The first-order valence-corrected chi connectivity index (χ1v) is 6.96. The number of benzene rings is 1. The van der Waals surface area contributed by atoms with Crippen LogP contribution >= 0.6 is 11.6 Å². The standard InChI is InChI=1S/C14H18ClFN4/c1-10(2)6-17-7-13-9-20(19-18-13)8-11-5-12(16)3-4-14(11)15/h3-5,9-10,17H,6-8H2,1-2H3. The molecule has 0 saturated heterocycles. The molecule has 0 spiro atoms. The van der Waals surface area contributed by atoms with Gasteiger partial charge in [0.05, 0.1) is 18.4 Å². The Morgan fingerprint density at radius 3 is 2.95 bits per heavy atom. The molecule has 6 heteroatoms. The van der Waals surface area contributed by atoms with Crippen molar-refractivity contribution in [3.63, 3.8) is 0 Å². The van der Waals surface area contributed by atoms with Gasteiger partial charge in [0.15, 0.2) is 0 Å². The van der Waals surface area contributed by atoms with Gasteiger partial charge in [-0.1, -0.05) is 30.7 Å². The molecule has 1 heterocycles. The number of rotatable bonds is 6. The van der Waals surface area contributed by atoms with Gasteiger partial charge < -0.3 is 5.32 Å². The Hall–Kier alpha value is -1.46. The molecule has 2 aromatic rings. The number of aromatic nitrogens is 3. The van der Waals surface area contributed by atoms with Gasteiger partial charge in [0.2, 0.25) is 0 Å². The normalized spacial score (nSPS) is 11.2. The Balaban J connectivity index is 1.97. The second-order valence-corrected chi connectivity index (χ2v) is 5.58. The van der Waals surface area contributed by atoms with Gasteiger partial charge in [0.25, 0.3) is 0 Å². The first-order valence-electron chi connectivity index (χ1n) is 6.58. The monoisotopic (exact) mass is 296 g/mol. The minimum Gasteiger partial charge on any atom is -0.311 e. The highest BCUT2D eigenvalue weighted by molar-refractivity contribution is 6.31. The summed E-state index contributed by atoms with van der Waals surface area (Å²) in [5.41, 5.74) is 1.55. The molecule has 0 atom stereocenters. The Labute approximate surface area is 122 Å². The van der Waals surface area contributed by atoms with Crippen LogP contribution in [0.4, 0.5) is 4.39 Å². The molecule has 1 aromatic heterocycles. The van der Waals surface area contributed by atoms with Gasteiger partial charge in [-0.25, -0.2) is 9.07 Å². The number of hydrogen-bond acceptors (Lipinski definition) is 3. The van der Waals surface area contributed by atoms with Crippen molar-refractivity contribution in [3.8, 4) is 0 Å². The van der Waals surface area contributed by atoms with E-state index in [4.69, 9.17) is 11.6 Å². The largest absolute Gasteiger partial charge is 0.311 e. The van der Waals surface area contributed by atoms with Crippen LogP contribution in [0.2, 0.25) is 5.02 Å². The molecule has 0 unspecified atom stereocenters. The third-order valence-electron chi connectivity index (χ3n) is 2.78. The van der Waals surface area contributed by atoms with Gasteiger partial charge in [-0.2, -0.15) is 0 Å². The summed E-state index contributed by atoms with van der Waals surface area (Å²) in [4.78, 5) is 0. The van der Waals surface area contributed by atoms with Crippen LogP contribution in [0.25, 0.3) is 0 Å². The third-order valence-corrected chi connectivity index (χ3v) is 3.15. The third kappa shape index (κ3) is 4.28. The summed E-state index contributed by atoms with van der Waals surface area (Å²) in [7, 11) is 0. The Morgan fingerprint density at radius 2 is 2.20 bits per heavy atom. The molecule has 108 valence electrons. The molecule has 0 amide bonds. The van der Waals surface area contributed by atoms with Crippen molar-refractivity contribution in [3.05, 3.63) is 46.5 Å². The molecule has 0 fully saturated rings. The minimum atomic E-state index is -0.302. The highest BCUT2D eigenvalue weighted by Crippen LogP contribution is 2.17. The highest BCUT2D eigenvalue weighted by atomic mass is 35.5. The van der Waals surface area contributed by atoms with Crippen LogP contribution in [0.1, 0.15) is 25.1 Å². The van der Waals surface area contributed by atoms with E-state index in [0.717, 1.165) is 12.2 Å². The summed E-state index contributed by atoms with van der Waals surface area (Å²) >= 11 is 6.03. The molecule has 0 aliphatic rings. The van der Waals surface area contributed by atoms with Crippen molar-refractivity contribution in [1.29, 1.82) is 0 Å². The molecule has 1 aromatic carbocycles. The SMILES string of the molecule is CC(C)CNCc1cn(Cc2cc(F)ccc2Cl)nn1.